The summed E-state index contributed by atoms with van der Waals surface area (Å²) in [5.41, 5.74) is 3.01. The van der Waals surface area contributed by atoms with Gasteiger partial charge in [-0.15, -0.1) is 0 Å². The van der Waals surface area contributed by atoms with E-state index in [9.17, 15) is 0 Å². The van der Waals surface area contributed by atoms with E-state index in [1.807, 2.05) is 24.3 Å². The monoisotopic (exact) mass is 319 g/mol. The molecule has 5 heteroatoms. The first-order valence-corrected chi connectivity index (χ1v) is 7.27. The van der Waals surface area contributed by atoms with E-state index in [0.29, 0.717) is 0 Å². The van der Waals surface area contributed by atoms with Gasteiger partial charge >= 0.3 is 0 Å². The standard InChI is InChI=1S/C13H10BrN3S/c14-10-6-11-12(15-7-10)17-13(16-11)18-8-9-4-2-1-3-5-9/h1-7H,8H2,(H,15,16,17). The Bertz CT molecular complexity index is 666. The van der Waals surface area contributed by atoms with Crippen LogP contribution in [0.15, 0.2) is 52.2 Å². The number of hydrogen-bond donors (Lipinski definition) is 1. The fraction of sp³-hybridized carbons (Fsp3) is 0.0769. The van der Waals surface area contributed by atoms with Crippen molar-refractivity contribution in [1.82, 2.24) is 15.0 Å². The molecule has 0 spiro atoms. The number of rotatable bonds is 3. The molecule has 0 aliphatic heterocycles. The molecule has 0 fully saturated rings. The first kappa shape index (κ1) is 11.7. The van der Waals surface area contributed by atoms with Crippen molar-refractivity contribution in [3.05, 3.63) is 52.6 Å². The van der Waals surface area contributed by atoms with Crippen molar-refractivity contribution in [3.63, 3.8) is 0 Å². The van der Waals surface area contributed by atoms with Gasteiger partial charge in [-0.2, -0.15) is 0 Å². The van der Waals surface area contributed by atoms with Crippen LogP contribution in [-0.4, -0.2) is 15.0 Å². The van der Waals surface area contributed by atoms with Crippen molar-refractivity contribution in [1.29, 1.82) is 0 Å². The fourth-order valence-corrected chi connectivity index (χ4v) is 2.81. The molecule has 0 radical (unpaired) electrons. The average Bonchev–Trinajstić information content (AvgIpc) is 2.79. The number of fused-ring (bicyclic) bond motifs is 1. The molecule has 0 amide bonds. The van der Waals surface area contributed by atoms with Crippen LogP contribution < -0.4 is 0 Å². The van der Waals surface area contributed by atoms with Crippen LogP contribution in [0, 0.1) is 0 Å². The van der Waals surface area contributed by atoms with Crippen LogP contribution in [0.5, 0.6) is 0 Å². The minimum Gasteiger partial charge on any atom is -0.331 e. The van der Waals surface area contributed by atoms with E-state index in [4.69, 9.17) is 0 Å². The zero-order chi connectivity index (χ0) is 12.4. The molecule has 3 rings (SSSR count). The molecule has 0 saturated heterocycles. The number of benzene rings is 1. The number of nitrogens with one attached hydrogen (secondary N) is 1. The van der Waals surface area contributed by atoms with E-state index in [1.54, 1.807) is 18.0 Å². The summed E-state index contributed by atoms with van der Waals surface area (Å²) in [5, 5.41) is 0.902. The second-order valence-corrected chi connectivity index (χ2v) is 5.72. The predicted molar refractivity (Wildman–Crippen MR) is 77.6 cm³/mol. The lowest BCUT2D eigenvalue weighted by atomic mass is 10.2. The number of imidazole rings is 1. The molecular formula is C13H10BrN3S. The Morgan fingerprint density at radius 3 is 2.89 bits per heavy atom. The lowest BCUT2D eigenvalue weighted by Crippen LogP contribution is -1.80. The molecule has 1 aromatic carbocycles. The lowest BCUT2D eigenvalue weighted by Gasteiger charge is -1.97. The number of hydrogen-bond acceptors (Lipinski definition) is 3. The molecule has 18 heavy (non-hydrogen) atoms. The molecule has 0 atom stereocenters. The molecule has 0 unspecified atom stereocenters. The molecule has 2 aromatic heterocycles. The van der Waals surface area contributed by atoms with Crippen molar-refractivity contribution in [2.45, 2.75) is 10.9 Å². The minimum absolute atomic E-state index is 0.758. The molecule has 3 nitrogen and oxygen atoms in total. The van der Waals surface area contributed by atoms with Crippen molar-refractivity contribution in [3.8, 4) is 0 Å². The van der Waals surface area contributed by atoms with E-state index >= 15 is 0 Å². The maximum Gasteiger partial charge on any atom is 0.178 e. The minimum atomic E-state index is 0.758. The van der Waals surface area contributed by atoms with E-state index in [1.165, 1.54) is 5.56 Å². The lowest BCUT2D eigenvalue weighted by molar-refractivity contribution is 1.07. The molecule has 0 saturated carbocycles. The first-order valence-electron chi connectivity index (χ1n) is 5.49. The molecule has 3 aromatic rings. The molecule has 0 aliphatic carbocycles. The number of aromatic nitrogens is 3. The van der Waals surface area contributed by atoms with Crippen LogP contribution in [0.1, 0.15) is 5.56 Å². The molecule has 2 heterocycles. The second kappa shape index (κ2) is 5.12. The van der Waals surface area contributed by atoms with Crippen LogP contribution in [0.25, 0.3) is 11.2 Å². The predicted octanol–water partition coefficient (Wildman–Crippen LogP) is 4.01. The van der Waals surface area contributed by atoms with E-state index in [2.05, 4.69) is 43.0 Å². The highest BCUT2D eigenvalue weighted by atomic mass is 79.9. The van der Waals surface area contributed by atoms with E-state index < -0.39 is 0 Å². The topological polar surface area (TPSA) is 41.6 Å². The summed E-state index contributed by atoms with van der Waals surface area (Å²) >= 11 is 5.08. The Labute approximate surface area is 117 Å². The number of halogens is 1. The second-order valence-electron chi connectivity index (χ2n) is 3.84. The molecule has 90 valence electrons. The number of H-pyrrole nitrogens is 1. The Morgan fingerprint density at radius 1 is 1.22 bits per heavy atom. The summed E-state index contributed by atoms with van der Waals surface area (Å²) < 4.78 is 0.957. The summed E-state index contributed by atoms with van der Waals surface area (Å²) in [7, 11) is 0. The highest BCUT2D eigenvalue weighted by molar-refractivity contribution is 9.10. The van der Waals surface area contributed by atoms with Gasteiger partial charge in [0.05, 0.1) is 5.52 Å². The Hall–Kier alpha value is -1.33. The molecule has 0 aliphatic rings. The van der Waals surface area contributed by atoms with Gasteiger partial charge in [0, 0.05) is 16.4 Å². The molecule has 0 bridgehead atoms. The van der Waals surface area contributed by atoms with Gasteiger partial charge in [0.2, 0.25) is 0 Å². The molecule has 1 N–H and O–H groups in total. The maximum atomic E-state index is 4.44. The van der Waals surface area contributed by atoms with Crippen LogP contribution >= 0.6 is 27.7 Å². The SMILES string of the molecule is Brc1cnc2nc(SCc3ccccc3)[nH]c2c1. The van der Waals surface area contributed by atoms with Gasteiger partial charge in [0.1, 0.15) is 0 Å². The zero-order valence-corrected chi connectivity index (χ0v) is 11.8. The van der Waals surface area contributed by atoms with Crippen LogP contribution in [0.4, 0.5) is 0 Å². The summed E-state index contributed by atoms with van der Waals surface area (Å²) in [4.78, 5) is 12.0. The molecular weight excluding hydrogens is 310 g/mol. The van der Waals surface area contributed by atoms with Crippen LogP contribution in [0.2, 0.25) is 0 Å². The van der Waals surface area contributed by atoms with Crippen molar-refractivity contribution >= 4 is 38.9 Å². The summed E-state index contributed by atoms with van der Waals surface area (Å²) in [6, 6.07) is 12.3. The number of pyridine rings is 1. The van der Waals surface area contributed by atoms with Crippen molar-refractivity contribution in [2.75, 3.05) is 0 Å². The number of thioether (sulfide) groups is 1. The maximum absolute atomic E-state index is 4.44. The highest BCUT2D eigenvalue weighted by Crippen LogP contribution is 2.23. The summed E-state index contributed by atoms with van der Waals surface area (Å²) in [6.45, 7) is 0. The average molecular weight is 320 g/mol. The largest absolute Gasteiger partial charge is 0.331 e. The van der Waals surface area contributed by atoms with Crippen molar-refractivity contribution < 1.29 is 0 Å². The van der Waals surface area contributed by atoms with Crippen LogP contribution in [-0.2, 0) is 5.75 Å². The summed E-state index contributed by atoms with van der Waals surface area (Å²) in [5.74, 6) is 0.905. The number of nitrogens with zero attached hydrogens (tertiary/aromatic N) is 2. The quantitative estimate of drug-likeness (QED) is 0.741. The zero-order valence-electron chi connectivity index (χ0n) is 9.43. The van der Waals surface area contributed by atoms with Gasteiger partial charge in [-0.25, -0.2) is 9.97 Å². The van der Waals surface area contributed by atoms with Gasteiger partial charge in [-0.3, -0.25) is 0 Å². The van der Waals surface area contributed by atoms with Gasteiger partial charge < -0.3 is 4.98 Å². The van der Waals surface area contributed by atoms with E-state index in [-0.39, 0.29) is 0 Å². The Morgan fingerprint density at radius 2 is 2.06 bits per heavy atom. The van der Waals surface area contributed by atoms with Gasteiger partial charge in [0.25, 0.3) is 0 Å². The third kappa shape index (κ3) is 2.57. The summed E-state index contributed by atoms with van der Waals surface area (Å²) in [6.07, 6.45) is 1.76. The van der Waals surface area contributed by atoms with Crippen molar-refractivity contribution in [2.24, 2.45) is 0 Å². The van der Waals surface area contributed by atoms with Gasteiger partial charge in [0.15, 0.2) is 10.8 Å². The smallest absolute Gasteiger partial charge is 0.178 e. The Balaban J connectivity index is 1.79. The van der Waals surface area contributed by atoms with Crippen LogP contribution in [0.3, 0.4) is 0 Å². The normalized spacial score (nSPS) is 10.9. The first-order chi connectivity index (χ1) is 8.81. The Kier molecular flexibility index (Phi) is 3.34. The fourth-order valence-electron chi connectivity index (χ4n) is 1.65. The van der Waals surface area contributed by atoms with Gasteiger partial charge in [-0.1, -0.05) is 42.1 Å². The van der Waals surface area contributed by atoms with E-state index in [0.717, 1.165) is 26.5 Å². The third-order valence-electron chi connectivity index (χ3n) is 2.50. The van der Waals surface area contributed by atoms with Gasteiger partial charge in [-0.05, 0) is 27.6 Å². The highest BCUT2D eigenvalue weighted by Gasteiger charge is 2.05. The third-order valence-corrected chi connectivity index (χ3v) is 3.88. The number of aromatic amines is 1.